The number of rotatable bonds is 1. The highest BCUT2D eigenvalue weighted by molar-refractivity contribution is 6.31. The minimum atomic E-state index is 0.394. The highest BCUT2D eigenvalue weighted by Gasteiger charge is 2.13. The zero-order valence-corrected chi connectivity index (χ0v) is 12.7. The molecule has 3 rings (SSSR count). The van der Waals surface area contributed by atoms with E-state index in [2.05, 4.69) is 40.9 Å². The number of aromatic nitrogens is 4. The van der Waals surface area contributed by atoms with Gasteiger partial charge in [-0.1, -0.05) is 11.6 Å². The maximum Gasteiger partial charge on any atom is 0.176 e. The molecule has 0 bridgehead atoms. The first kappa shape index (κ1) is 13.1. The summed E-state index contributed by atoms with van der Waals surface area (Å²) in [7, 11) is 0. The summed E-state index contributed by atoms with van der Waals surface area (Å²) in [6, 6.07) is 4.18. The third-order valence-corrected chi connectivity index (χ3v) is 3.89. The van der Waals surface area contributed by atoms with Crippen LogP contribution in [-0.4, -0.2) is 19.5 Å². The quantitative estimate of drug-likeness (QED) is 0.685. The van der Waals surface area contributed by atoms with Gasteiger partial charge in [0.15, 0.2) is 11.0 Å². The largest absolute Gasteiger partial charge is 0.280 e. The molecule has 0 amide bonds. The van der Waals surface area contributed by atoms with Crippen molar-refractivity contribution in [2.45, 2.75) is 27.7 Å². The normalized spacial score (nSPS) is 11.2. The number of hydrogen-bond acceptors (Lipinski definition) is 3. The molecule has 5 heteroatoms. The van der Waals surface area contributed by atoms with Crippen LogP contribution in [0.2, 0.25) is 5.15 Å². The summed E-state index contributed by atoms with van der Waals surface area (Å²) in [4.78, 5) is 13.3. The molecule has 4 nitrogen and oxygen atoms in total. The first-order valence-electron chi connectivity index (χ1n) is 6.43. The number of fused-ring (bicyclic) bond motifs is 1. The average molecular weight is 287 g/mol. The second-order valence-corrected chi connectivity index (χ2v) is 5.41. The molecule has 0 fully saturated rings. The molecule has 0 radical (unpaired) electrons. The standard InChI is InChI=1S/C15H15ClN4/c1-8-5-12-13(6-9(8)2)20(7-17-12)15-14(16)18-10(3)11(4)19-15/h5-7H,1-4H3. The fourth-order valence-corrected chi connectivity index (χ4v) is 2.41. The van der Waals surface area contributed by atoms with Crippen molar-refractivity contribution in [1.29, 1.82) is 0 Å². The van der Waals surface area contributed by atoms with Crippen LogP contribution >= 0.6 is 11.6 Å². The maximum atomic E-state index is 6.24. The van der Waals surface area contributed by atoms with Crippen LogP contribution < -0.4 is 0 Å². The molecule has 0 saturated heterocycles. The molecule has 1 aromatic carbocycles. The molecule has 0 spiro atoms. The number of nitrogens with zero attached hydrogens (tertiary/aromatic N) is 4. The number of aryl methyl sites for hydroxylation is 4. The molecule has 20 heavy (non-hydrogen) atoms. The molecular weight excluding hydrogens is 272 g/mol. The van der Waals surface area contributed by atoms with E-state index in [-0.39, 0.29) is 0 Å². The molecule has 0 aliphatic carbocycles. The van der Waals surface area contributed by atoms with Crippen LogP contribution in [0.1, 0.15) is 22.5 Å². The Kier molecular flexibility index (Phi) is 2.98. The van der Waals surface area contributed by atoms with E-state index >= 15 is 0 Å². The molecule has 0 unspecified atom stereocenters. The Morgan fingerprint density at radius 2 is 1.60 bits per heavy atom. The second kappa shape index (κ2) is 4.56. The van der Waals surface area contributed by atoms with Crippen LogP contribution in [0.3, 0.4) is 0 Å². The van der Waals surface area contributed by atoms with Crippen LogP contribution in [0.25, 0.3) is 16.9 Å². The highest BCUT2D eigenvalue weighted by Crippen LogP contribution is 2.24. The van der Waals surface area contributed by atoms with Gasteiger partial charge in [-0.3, -0.25) is 4.57 Å². The van der Waals surface area contributed by atoms with Gasteiger partial charge in [-0.15, -0.1) is 0 Å². The molecule has 0 aliphatic rings. The van der Waals surface area contributed by atoms with Crippen molar-refractivity contribution in [3.8, 4) is 5.82 Å². The zero-order chi connectivity index (χ0) is 14.4. The van der Waals surface area contributed by atoms with Crippen LogP contribution in [0, 0.1) is 27.7 Å². The first-order valence-corrected chi connectivity index (χ1v) is 6.80. The van der Waals surface area contributed by atoms with Crippen molar-refractivity contribution in [3.63, 3.8) is 0 Å². The SMILES string of the molecule is Cc1cc2ncn(-c3nc(C)c(C)nc3Cl)c2cc1C. The van der Waals surface area contributed by atoms with Gasteiger partial charge < -0.3 is 0 Å². The van der Waals surface area contributed by atoms with E-state index in [1.54, 1.807) is 6.33 Å². The van der Waals surface area contributed by atoms with Gasteiger partial charge in [-0.05, 0) is 51.0 Å². The molecular formula is C15H15ClN4. The molecule has 2 heterocycles. The molecule has 2 aromatic heterocycles. The first-order chi connectivity index (χ1) is 9.47. The zero-order valence-electron chi connectivity index (χ0n) is 11.9. The van der Waals surface area contributed by atoms with Gasteiger partial charge in [0.1, 0.15) is 6.33 Å². The molecule has 3 aromatic rings. The van der Waals surface area contributed by atoms with Gasteiger partial charge in [-0.2, -0.15) is 0 Å². The summed E-state index contributed by atoms with van der Waals surface area (Å²) >= 11 is 6.24. The van der Waals surface area contributed by atoms with Gasteiger partial charge in [0.05, 0.1) is 22.4 Å². The summed E-state index contributed by atoms with van der Waals surface area (Å²) < 4.78 is 1.89. The van der Waals surface area contributed by atoms with Crippen molar-refractivity contribution < 1.29 is 0 Å². The number of benzene rings is 1. The Balaban J connectivity index is 2.30. The fourth-order valence-electron chi connectivity index (χ4n) is 2.15. The third-order valence-electron chi connectivity index (χ3n) is 3.64. The monoisotopic (exact) mass is 286 g/mol. The van der Waals surface area contributed by atoms with Gasteiger partial charge in [-0.25, -0.2) is 15.0 Å². The lowest BCUT2D eigenvalue weighted by molar-refractivity contribution is 0.947. The number of hydrogen-bond donors (Lipinski definition) is 0. The second-order valence-electron chi connectivity index (χ2n) is 5.05. The van der Waals surface area contributed by atoms with E-state index in [0.717, 1.165) is 22.4 Å². The predicted molar refractivity (Wildman–Crippen MR) is 80.6 cm³/mol. The molecule has 0 saturated carbocycles. The topological polar surface area (TPSA) is 43.6 Å². The minimum absolute atomic E-state index is 0.394. The molecule has 0 atom stereocenters. The van der Waals surface area contributed by atoms with E-state index in [9.17, 15) is 0 Å². The summed E-state index contributed by atoms with van der Waals surface area (Å²) in [6.45, 7) is 7.99. The van der Waals surface area contributed by atoms with Gasteiger partial charge in [0, 0.05) is 0 Å². The van der Waals surface area contributed by atoms with Gasteiger partial charge in [0.2, 0.25) is 0 Å². The summed E-state index contributed by atoms with van der Waals surface area (Å²) in [6.07, 6.45) is 1.74. The van der Waals surface area contributed by atoms with Crippen LogP contribution in [0.15, 0.2) is 18.5 Å². The van der Waals surface area contributed by atoms with Crippen molar-refractivity contribution in [1.82, 2.24) is 19.5 Å². The minimum Gasteiger partial charge on any atom is -0.280 e. The van der Waals surface area contributed by atoms with Crippen molar-refractivity contribution >= 4 is 22.6 Å². The summed E-state index contributed by atoms with van der Waals surface area (Å²) in [5, 5.41) is 0.394. The van der Waals surface area contributed by atoms with E-state index in [0.29, 0.717) is 11.0 Å². The van der Waals surface area contributed by atoms with E-state index in [1.807, 2.05) is 18.4 Å². The fraction of sp³-hybridized carbons (Fsp3) is 0.267. The maximum absolute atomic E-state index is 6.24. The Bertz CT molecular complexity index is 820. The Labute approximate surface area is 122 Å². The molecule has 0 N–H and O–H groups in total. The lowest BCUT2D eigenvalue weighted by Gasteiger charge is -2.09. The van der Waals surface area contributed by atoms with Crippen LogP contribution in [-0.2, 0) is 0 Å². The van der Waals surface area contributed by atoms with Crippen molar-refractivity contribution in [2.24, 2.45) is 0 Å². The van der Waals surface area contributed by atoms with Crippen LogP contribution in [0.5, 0.6) is 0 Å². The van der Waals surface area contributed by atoms with Gasteiger partial charge in [0.25, 0.3) is 0 Å². The Hall–Kier alpha value is -1.94. The Morgan fingerprint density at radius 3 is 2.35 bits per heavy atom. The predicted octanol–water partition coefficient (Wildman–Crippen LogP) is 3.70. The molecule has 102 valence electrons. The van der Waals surface area contributed by atoms with Crippen molar-refractivity contribution in [2.75, 3.05) is 0 Å². The lowest BCUT2D eigenvalue weighted by Crippen LogP contribution is -2.03. The van der Waals surface area contributed by atoms with E-state index < -0.39 is 0 Å². The number of halogens is 1. The van der Waals surface area contributed by atoms with Crippen LogP contribution in [0.4, 0.5) is 0 Å². The number of imidazole rings is 1. The smallest absolute Gasteiger partial charge is 0.176 e. The third kappa shape index (κ3) is 1.96. The molecule has 0 aliphatic heterocycles. The lowest BCUT2D eigenvalue weighted by atomic mass is 10.1. The van der Waals surface area contributed by atoms with E-state index in [4.69, 9.17) is 11.6 Å². The van der Waals surface area contributed by atoms with Crippen molar-refractivity contribution in [3.05, 3.63) is 46.1 Å². The van der Waals surface area contributed by atoms with Gasteiger partial charge >= 0.3 is 0 Å². The highest BCUT2D eigenvalue weighted by atomic mass is 35.5. The Morgan fingerprint density at radius 1 is 0.950 bits per heavy atom. The summed E-state index contributed by atoms with van der Waals surface area (Å²) in [5.74, 6) is 0.625. The summed E-state index contributed by atoms with van der Waals surface area (Å²) in [5.41, 5.74) is 6.08. The average Bonchev–Trinajstić information content (AvgIpc) is 2.77. The van der Waals surface area contributed by atoms with E-state index in [1.165, 1.54) is 11.1 Å².